The van der Waals surface area contributed by atoms with Gasteiger partial charge in [-0.25, -0.2) is 0 Å². The number of anilines is 1. The lowest BCUT2D eigenvalue weighted by Crippen LogP contribution is -2.43. The fourth-order valence-electron chi connectivity index (χ4n) is 3.89. The lowest BCUT2D eigenvalue weighted by Gasteiger charge is -2.37. The van der Waals surface area contributed by atoms with Crippen molar-refractivity contribution in [3.05, 3.63) is 63.6 Å². The molecule has 1 unspecified atom stereocenters. The molecule has 0 spiro atoms. The Bertz CT molecular complexity index is 976. The molecular formula is C23H25Cl2N3O3. The van der Waals surface area contributed by atoms with Gasteiger partial charge < -0.3 is 15.1 Å². The number of carbonyl (C=O) groups excluding carboxylic acids is 3. The molecule has 0 aliphatic carbocycles. The van der Waals surface area contributed by atoms with Gasteiger partial charge in [-0.15, -0.1) is 0 Å². The lowest BCUT2D eigenvalue weighted by atomic mass is 9.90. The zero-order chi connectivity index (χ0) is 22.5. The Labute approximate surface area is 192 Å². The highest BCUT2D eigenvalue weighted by molar-refractivity contribution is 6.39. The third-order valence-electron chi connectivity index (χ3n) is 5.48. The lowest BCUT2D eigenvalue weighted by molar-refractivity contribution is -0.138. The molecule has 2 aromatic rings. The predicted octanol–water partition coefficient (Wildman–Crippen LogP) is 4.32. The van der Waals surface area contributed by atoms with E-state index in [-0.39, 0.29) is 30.8 Å². The number of hydrogen-bond acceptors (Lipinski definition) is 3. The second-order valence-electron chi connectivity index (χ2n) is 7.43. The van der Waals surface area contributed by atoms with Crippen molar-refractivity contribution in [2.45, 2.75) is 32.7 Å². The maximum atomic E-state index is 13.1. The molecule has 0 saturated carbocycles. The van der Waals surface area contributed by atoms with Crippen molar-refractivity contribution in [1.82, 2.24) is 9.80 Å². The minimum atomic E-state index is -0.391. The van der Waals surface area contributed by atoms with Gasteiger partial charge in [-0.2, -0.15) is 0 Å². The fourth-order valence-corrected chi connectivity index (χ4v) is 4.38. The molecule has 1 N–H and O–H groups in total. The van der Waals surface area contributed by atoms with Crippen LogP contribution in [0.25, 0.3) is 0 Å². The third-order valence-corrected chi connectivity index (χ3v) is 6.11. The van der Waals surface area contributed by atoms with Crippen molar-refractivity contribution >= 4 is 46.6 Å². The summed E-state index contributed by atoms with van der Waals surface area (Å²) in [5, 5.41) is 3.33. The van der Waals surface area contributed by atoms with Crippen LogP contribution < -0.4 is 5.32 Å². The Balaban J connectivity index is 1.73. The highest BCUT2D eigenvalue weighted by atomic mass is 35.5. The van der Waals surface area contributed by atoms with E-state index in [0.717, 1.165) is 17.5 Å². The number of nitrogens with one attached hydrogen (secondary N) is 1. The number of benzene rings is 2. The monoisotopic (exact) mass is 461 g/mol. The van der Waals surface area contributed by atoms with E-state index >= 15 is 0 Å². The van der Waals surface area contributed by atoms with Crippen molar-refractivity contribution in [2.24, 2.45) is 0 Å². The number of amides is 3. The first-order valence-electron chi connectivity index (χ1n) is 10.2. The second-order valence-corrected chi connectivity index (χ2v) is 8.25. The molecule has 0 bridgehead atoms. The molecule has 164 valence electrons. The first-order valence-corrected chi connectivity index (χ1v) is 10.9. The molecule has 3 amide bonds. The van der Waals surface area contributed by atoms with Gasteiger partial charge in [-0.05, 0) is 36.6 Å². The van der Waals surface area contributed by atoms with Gasteiger partial charge >= 0.3 is 0 Å². The van der Waals surface area contributed by atoms with E-state index in [1.807, 2.05) is 31.2 Å². The van der Waals surface area contributed by atoms with Crippen molar-refractivity contribution < 1.29 is 14.4 Å². The smallest absolute Gasteiger partial charge is 0.244 e. The number of rotatable bonds is 6. The average Bonchev–Trinajstić information content (AvgIpc) is 2.74. The van der Waals surface area contributed by atoms with Crippen LogP contribution in [0.4, 0.5) is 5.69 Å². The summed E-state index contributed by atoms with van der Waals surface area (Å²) in [6.07, 6.45) is 0.878. The molecule has 0 fully saturated rings. The van der Waals surface area contributed by atoms with Crippen LogP contribution in [0.15, 0.2) is 42.5 Å². The summed E-state index contributed by atoms with van der Waals surface area (Å²) in [5.41, 5.74) is 2.45. The molecule has 1 heterocycles. The van der Waals surface area contributed by atoms with E-state index in [9.17, 15) is 14.4 Å². The summed E-state index contributed by atoms with van der Waals surface area (Å²) in [6.45, 7) is 4.12. The minimum Gasteiger partial charge on any atom is -0.335 e. The van der Waals surface area contributed by atoms with Crippen LogP contribution >= 0.6 is 23.2 Å². The molecule has 2 aromatic carbocycles. The number of carbonyl (C=O) groups is 3. The standard InChI is InChI=1S/C23H25Cl2N3O3/c1-3-27(14-21(30)26-23-18(24)9-6-10-19(23)25)22(31)13-20-17-8-5-4-7-16(17)11-12-28(20)15(2)29/h4-10,20H,3,11-14H2,1-2H3,(H,26,30). The highest BCUT2D eigenvalue weighted by Crippen LogP contribution is 2.33. The van der Waals surface area contributed by atoms with Crippen LogP contribution in [0, 0.1) is 0 Å². The van der Waals surface area contributed by atoms with Crippen molar-refractivity contribution in [1.29, 1.82) is 0 Å². The molecule has 1 atom stereocenters. The minimum absolute atomic E-state index is 0.0681. The zero-order valence-electron chi connectivity index (χ0n) is 17.5. The Kier molecular flexibility index (Phi) is 7.57. The van der Waals surface area contributed by atoms with E-state index in [2.05, 4.69) is 5.32 Å². The fraction of sp³-hybridized carbons (Fsp3) is 0.348. The molecule has 31 heavy (non-hydrogen) atoms. The van der Waals surface area contributed by atoms with E-state index in [0.29, 0.717) is 28.8 Å². The maximum absolute atomic E-state index is 13.1. The summed E-state index contributed by atoms with van der Waals surface area (Å²) < 4.78 is 0. The molecule has 1 aliphatic heterocycles. The van der Waals surface area contributed by atoms with Gasteiger partial charge in [-0.1, -0.05) is 53.5 Å². The Morgan fingerprint density at radius 2 is 1.77 bits per heavy atom. The molecule has 0 saturated heterocycles. The Morgan fingerprint density at radius 3 is 2.42 bits per heavy atom. The number of fused-ring (bicyclic) bond motifs is 1. The summed E-state index contributed by atoms with van der Waals surface area (Å²) >= 11 is 12.2. The summed E-state index contributed by atoms with van der Waals surface area (Å²) in [6, 6.07) is 12.5. The second kappa shape index (κ2) is 10.2. The quantitative estimate of drug-likeness (QED) is 0.696. The number of likely N-dealkylation sites (N-methyl/N-ethyl adjacent to an activating group) is 1. The first-order chi connectivity index (χ1) is 14.8. The summed E-state index contributed by atoms with van der Waals surface area (Å²) in [7, 11) is 0. The molecule has 0 aromatic heterocycles. The van der Waals surface area contributed by atoms with Crippen LogP contribution in [0.5, 0.6) is 0 Å². The first kappa shape index (κ1) is 23.1. The maximum Gasteiger partial charge on any atom is 0.244 e. The van der Waals surface area contributed by atoms with Crippen LogP contribution in [-0.4, -0.2) is 47.2 Å². The van der Waals surface area contributed by atoms with E-state index in [4.69, 9.17) is 23.2 Å². The largest absolute Gasteiger partial charge is 0.335 e. The normalized spacial score (nSPS) is 15.2. The van der Waals surface area contributed by atoms with E-state index < -0.39 is 5.91 Å². The molecule has 3 rings (SSSR count). The van der Waals surface area contributed by atoms with E-state index in [1.165, 1.54) is 11.8 Å². The Hall–Kier alpha value is -2.57. The molecule has 1 aliphatic rings. The molecular weight excluding hydrogens is 437 g/mol. The summed E-state index contributed by atoms with van der Waals surface area (Å²) in [4.78, 5) is 41.1. The van der Waals surface area contributed by atoms with Gasteiger partial charge in [0, 0.05) is 20.0 Å². The third kappa shape index (κ3) is 5.38. The van der Waals surface area contributed by atoms with E-state index in [1.54, 1.807) is 23.1 Å². The van der Waals surface area contributed by atoms with Crippen LogP contribution in [-0.2, 0) is 20.8 Å². The SMILES string of the molecule is CCN(CC(=O)Nc1c(Cl)cccc1Cl)C(=O)CC1c2ccccc2CCN1C(C)=O. The van der Waals surface area contributed by atoms with Gasteiger partial charge in [-0.3, -0.25) is 14.4 Å². The van der Waals surface area contributed by atoms with Gasteiger partial charge in [0.15, 0.2) is 0 Å². The number of halogens is 2. The summed E-state index contributed by atoms with van der Waals surface area (Å²) in [5.74, 6) is -0.657. The van der Waals surface area contributed by atoms with Crippen molar-refractivity contribution in [2.75, 3.05) is 25.0 Å². The van der Waals surface area contributed by atoms with Gasteiger partial charge in [0.2, 0.25) is 17.7 Å². The molecule has 6 nitrogen and oxygen atoms in total. The molecule has 0 radical (unpaired) electrons. The van der Waals surface area contributed by atoms with Gasteiger partial charge in [0.05, 0.1) is 34.7 Å². The van der Waals surface area contributed by atoms with Gasteiger partial charge in [0.25, 0.3) is 0 Å². The predicted molar refractivity (Wildman–Crippen MR) is 122 cm³/mol. The highest BCUT2D eigenvalue weighted by Gasteiger charge is 2.32. The van der Waals surface area contributed by atoms with Crippen molar-refractivity contribution in [3.63, 3.8) is 0 Å². The molecule has 8 heteroatoms. The number of hydrogen-bond donors (Lipinski definition) is 1. The topological polar surface area (TPSA) is 69.7 Å². The number of para-hydroxylation sites is 1. The van der Waals surface area contributed by atoms with Crippen LogP contribution in [0.1, 0.15) is 37.4 Å². The van der Waals surface area contributed by atoms with Crippen LogP contribution in [0.3, 0.4) is 0 Å². The van der Waals surface area contributed by atoms with Crippen molar-refractivity contribution in [3.8, 4) is 0 Å². The zero-order valence-corrected chi connectivity index (χ0v) is 19.0. The Morgan fingerprint density at radius 1 is 1.10 bits per heavy atom. The average molecular weight is 462 g/mol. The van der Waals surface area contributed by atoms with Crippen LogP contribution in [0.2, 0.25) is 10.0 Å². The van der Waals surface area contributed by atoms with Gasteiger partial charge in [0.1, 0.15) is 0 Å². The number of nitrogens with zero attached hydrogens (tertiary/aromatic N) is 2.